The quantitative estimate of drug-likeness (QED) is 0.666. The number of nitrogens with zero attached hydrogens (tertiary/aromatic N) is 1. The molecule has 1 atom stereocenters. The molecule has 1 heterocycles. The summed E-state index contributed by atoms with van der Waals surface area (Å²) in [5, 5.41) is 5.31. The summed E-state index contributed by atoms with van der Waals surface area (Å²) in [7, 11) is 3.00. The number of urea groups is 1. The fraction of sp³-hybridized carbons (Fsp3) is 0.286. The number of hydrogen-bond acceptors (Lipinski definition) is 5. The smallest absolute Gasteiger partial charge is 0.325 e. The Morgan fingerprint density at radius 1 is 1.10 bits per heavy atom. The Balaban J connectivity index is 1.59. The molecule has 0 radical (unpaired) electrons. The molecule has 0 aliphatic carbocycles. The fourth-order valence-electron chi connectivity index (χ4n) is 3.11. The van der Waals surface area contributed by atoms with Crippen LogP contribution in [-0.2, 0) is 16.0 Å². The number of hydrogen-bond donors (Lipinski definition) is 2. The van der Waals surface area contributed by atoms with Crippen molar-refractivity contribution in [1.82, 2.24) is 10.2 Å². The van der Waals surface area contributed by atoms with Gasteiger partial charge in [0.1, 0.15) is 24.1 Å². The van der Waals surface area contributed by atoms with E-state index in [0.717, 1.165) is 10.5 Å². The summed E-state index contributed by atoms with van der Waals surface area (Å²) in [6, 6.07) is 13.4. The molecule has 152 valence electrons. The Labute approximate surface area is 168 Å². The molecule has 2 aromatic rings. The number of imide groups is 1. The van der Waals surface area contributed by atoms with Crippen molar-refractivity contribution in [2.75, 3.05) is 26.1 Å². The number of nitrogens with one attached hydrogen (secondary N) is 2. The van der Waals surface area contributed by atoms with E-state index in [0.29, 0.717) is 30.0 Å². The van der Waals surface area contributed by atoms with Crippen molar-refractivity contribution in [3.05, 3.63) is 54.1 Å². The molecule has 0 saturated carbocycles. The van der Waals surface area contributed by atoms with Crippen molar-refractivity contribution in [3.63, 3.8) is 0 Å². The zero-order valence-corrected chi connectivity index (χ0v) is 16.3. The van der Waals surface area contributed by atoms with E-state index in [9.17, 15) is 14.4 Å². The predicted molar refractivity (Wildman–Crippen MR) is 107 cm³/mol. The lowest BCUT2D eigenvalue weighted by atomic mass is 10.1. The van der Waals surface area contributed by atoms with E-state index < -0.39 is 23.9 Å². The van der Waals surface area contributed by atoms with E-state index >= 15 is 0 Å². The zero-order chi connectivity index (χ0) is 20.8. The monoisotopic (exact) mass is 397 g/mol. The molecular formula is C21H23N3O5. The van der Waals surface area contributed by atoms with Crippen molar-refractivity contribution in [3.8, 4) is 11.5 Å². The average molecular weight is 397 g/mol. The molecule has 4 amide bonds. The van der Waals surface area contributed by atoms with Gasteiger partial charge < -0.3 is 20.1 Å². The molecule has 8 heteroatoms. The highest BCUT2D eigenvalue weighted by atomic mass is 16.5. The summed E-state index contributed by atoms with van der Waals surface area (Å²) in [4.78, 5) is 38.1. The summed E-state index contributed by atoms with van der Waals surface area (Å²) in [6.07, 6.45) is 1.12. The van der Waals surface area contributed by atoms with Crippen molar-refractivity contribution in [2.24, 2.45) is 0 Å². The number of carbonyl (C=O) groups is 3. The molecule has 1 fully saturated rings. The molecule has 1 aliphatic rings. The Hall–Kier alpha value is -3.55. The standard InChI is InChI=1S/C21H23N3O5/c1-28-15-9-11-16(18(12-15)29-2)22-19(25)13-24-20(26)17(23-21(24)27)10-8-14-6-4-3-5-7-14/h3-7,9,11-12,17H,8,10,13H2,1-2H3,(H,22,25)(H,23,27)/t17-/m0/s1. The van der Waals surface area contributed by atoms with Crippen LogP contribution in [0.5, 0.6) is 11.5 Å². The minimum atomic E-state index is -0.633. The second kappa shape index (κ2) is 9.09. The van der Waals surface area contributed by atoms with Gasteiger partial charge in [-0.2, -0.15) is 0 Å². The maximum atomic E-state index is 12.6. The molecule has 0 spiro atoms. The predicted octanol–water partition coefficient (Wildman–Crippen LogP) is 2.20. The van der Waals surface area contributed by atoms with Crippen LogP contribution in [0.2, 0.25) is 0 Å². The van der Waals surface area contributed by atoms with Gasteiger partial charge in [0.25, 0.3) is 5.91 Å². The van der Waals surface area contributed by atoms with Gasteiger partial charge in [0.05, 0.1) is 19.9 Å². The molecule has 1 saturated heterocycles. The normalized spacial score (nSPS) is 15.8. The SMILES string of the molecule is COc1ccc(NC(=O)CN2C(=O)N[C@@H](CCc3ccccc3)C2=O)c(OC)c1. The van der Waals surface area contributed by atoms with E-state index in [2.05, 4.69) is 10.6 Å². The van der Waals surface area contributed by atoms with Crippen LogP contribution in [0.25, 0.3) is 0 Å². The van der Waals surface area contributed by atoms with Gasteiger partial charge in [-0.25, -0.2) is 4.79 Å². The molecule has 0 unspecified atom stereocenters. The molecule has 2 aromatic carbocycles. The van der Waals surface area contributed by atoms with Crippen LogP contribution < -0.4 is 20.1 Å². The molecule has 8 nitrogen and oxygen atoms in total. The van der Waals surface area contributed by atoms with Crippen LogP contribution in [0.4, 0.5) is 10.5 Å². The summed E-state index contributed by atoms with van der Waals surface area (Å²) in [6.45, 7) is -0.373. The average Bonchev–Trinajstić information content (AvgIpc) is 3.00. The molecule has 3 rings (SSSR count). The number of carbonyl (C=O) groups excluding carboxylic acids is 3. The zero-order valence-electron chi connectivity index (χ0n) is 16.3. The van der Waals surface area contributed by atoms with Crippen molar-refractivity contribution < 1.29 is 23.9 Å². The van der Waals surface area contributed by atoms with Gasteiger partial charge in [-0.05, 0) is 30.5 Å². The first-order valence-electron chi connectivity index (χ1n) is 9.19. The van der Waals surface area contributed by atoms with Gasteiger partial charge >= 0.3 is 6.03 Å². The van der Waals surface area contributed by atoms with Crippen LogP contribution in [0, 0.1) is 0 Å². The topological polar surface area (TPSA) is 97.0 Å². The number of methoxy groups -OCH3 is 2. The maximum absolute atomic E-state index is 12.6. The highest BCUT2D eigenvalue weighted by Gasteiger charge is 2.38. The number of anilines is 1. The van der Waals surface area contributed by atoms with Gasteiger partial charge in [0, 0.05) is 6.07 Å². The first kappa shape index (κ1) is 20.2. The molecule has 1 aliphatic heterocycles. The van der Waals surface area contributed by atoms with Crippen LogP contribution in [0.15, 0.2) is 48.5 Å². The first-order valence-corrected chi connectivity index (χ1v) is 9.19. The highest BCUT2D eigenvalue weighted by molar-refractivity contribution is 6.08. The van der Waals surface area contributed by atoms with E-state index in [1.165, 1.54) is 14.2 Å². The number of benzene rings is 2. The third kappa shape index (κ3) is 4.84. The van der Waals surface area contributed by atoms with Crippen LogP contribution in [0.1, 0.15) is 12.0 Å². The largest absolute Gasteiger partial charge is 0.497 e. The summed E-state index contributed by atoms with van der Waals surface area (Å²) >= 11 is 0. The third-order valence-electron chi connectivity index (χ3n) is 4.66. The lowest BCUT2D eigenvalue weighted by Crippen LogP contribution is -2.38. The van der Waals surface area contributed by atoms with Gasteiger partial charge in [-0.15, -0.1) is 0 Å². The van der Waals surface area contributed by atoms with Crippen LogP contribution >= 0.6 is 0 Å². The van der Waals surface area contributed by atoms with Gasteiger partial charge in [-0.3, -0.25) is 14.5 Å². The van der Waals surface area contributed by atoms with Gasteiger partial charge in [-0.1, -0.05) is 30.3 Å². The van der Waals surface area contributed by atoms with Crippen molar-refractivity contribution in [1.29, 1.82) is 0 Å². The lowest BCUT2D eigenvalue weighted by molar-refractivity contribution is -0.130. The molecule has 2 N–H and O–H groups in total. The van der Waals surface area contributed by atoms with Gasteiger partial charge in [0.2, 0.25) is 5.91 Å². The van der Waals surface area contributed by atoms with Crippen molar-refractivity contribution >= 4 is 23.5 Å². The summed E-state index contributed by atoms with van der Waals surface area (Å²) in [5.74, 6) is 0.0919. The highest BCUT2D eigenvalue weighted by Crippen LogP contribution is 2.29. The molecule has 0 bridgehead atoms. The van der Waals surface area contributed by atoms with E-state index in [1.807, 2.05) is 30.3 Å². The Kier molecular flexibility index (Phi) is 6.33. The number of aryl methyl sites for hydroxylation is 1. The van der Waals surface area contributed by atoms with E-state index in [4.69, 9.17) is 9.47 Å². The van der Waals surface area contributed by atoms with Crippen LogP contribution in [-0.4, -0.2) is 49.6 Å². The lowest BCUT2D eigenvalue weighted by Gasteiger charge is -2.15. The number of amides is 4. The minimum Gasteiger partial charge on any atom is -0.497 e. The minimum absolute atomic E-state index is 0.373. The first-order chi connectivity index (χ1) is 14.0. The Morgan fingerprint density at radius 2 is 1.86 bits per heavy atom. The van der Waals surface area contributed by atoms with Crippen molar-refractivity contribution in [2.45, 2.75) is 18.9 Å². The maximum Gasteiger partial charge on any atom is 0.325 e. The Bertz CT molecular complexity index is 900. The summed E-state index contributed by atoms with van der Waals surface area (Å²) < 4.78 is 10.4. The molecule has 29 heavy (non-hydrogen) atoms. The molecule has 0 aromatic heterocycles. The third-order valence-corrected chi connectivity index (χ3v) is 4.66. The number of ether oxygens (including phenoxy) is 2. The molecular weight excluding hydrogens is 374 g/mol. The second-order valence-electron chi connectivity index (χ2n) is 6.57. The summed E-state index contributed by atoms with van der Waals surface area (Å²) in [5.41, 5.74) is 1.50. The van der Waals surface area contributed by atoms with E-state index in [1.54, 1.807) is 18.2 Å². The second-order valence-corrected chi connectivity index (χ2v) is 6.57. The van der Waals surface area contributed by atoms with Gasteiger partial charge in [0.15, 0.2) is 0 Å². The van der Waals surface area contributed by atoms with Crippen LogP contribution in [0.3, 0.4) is 0 Å². The number of rotatable bonds is 8. The van der Waals surface area contributed by atoms with E-state index in [-0.39, 0.29) is 6.54 Å². The fourth-order valence-corrected chi connectivity index (χ4v) is 3.11. The Morgan fingerprint density at radius 3 is 2.55 bits per heavy atom.